The monoisotopic (exact) mass is 409 g/mol. The molecule has 152 valence electrons. The topological polar surface area (TPSA) is 61.4 Å². The van der Waals surface area contributed by atoms with Crippen LogP contribution in [0.2, 0.25) is 0 Å². The van der Waals surface area contributed by atoms with E-state index in [1.54, 1.807) is 25.2 Å². The molecule has 2 rings (SSSR count). The molecule has 0 saturated heterocycles. The lowest BCUT2D eigenvalue weighted by atomic mass is 10.0. The zero-order valence-electron chi connectivity index (χ0n) is 16.3. The molecule has 8 heteroatoms. The van der Waals surface area contributed by atoms with Gasteiger partial charge in [-0.15, -0.1) is 11.3 Å². The molecule has 1 aromatic carbocycles. The number of amides is 2. The molecule has 0 saturated carbocycles. The van der Waals surface area contributed by atoms with Crippen LogP contribution in [0.1, 0.15) is 35.1 Å². The summed E-state index contributed by atoms with van der Waals surface area (Å²) in [7, 11) is 3.83. The highest BCUT2D eigenvalue weighted by Crippen LogP contribution is 2.22. The lowest BCUT2D eigenvalue weighted by Crippen LogP contribution is -2.51. The van der Waals surface area contributed by atoms with E-state index in [4.69, 9.17) is 0 Å². The Labute approximate surface area is 167 Å². The van der Waals surface area contributed by atoms with Gasteiger partial charge in [-0.2, -0.15) is 0 Å². The van der Waals surface area contributed by atoms with Crippen molar-refractivity contribution in [3.8, 4) is 0 Å². The largest absolute Gasteiger partial charge is 0.352 e. The third-order valence-corrected chi connectivity index (χ3v) is 5.36. The molecule has 0 unspecified atom stereocenters. The minimum absolute atomic E-state index is 0.0172. The van der Waals surface area contributed by atoms with Gasteiger partial charge in [-0.25, -0.2) is 8.78 Å². The number of hydrogen-bond donors (Lipinski definition) is 2. The number of nitrogens with zero attached hydrogens (tertiary/aromatic N) is 1. The normalized spacial score (nSPS) is 13.4. The van der Waals surface area contributed by atoms with Crippen molar-refractivity contribution in [2.75, 3.05) is 20.6 Å². The van der Waals surface area contributed by atoms with Gasteiger partial charge in [0.2, 0.25) is 5.91 Å². The molecule has 0 aliphatic heterocycles. The van der Waals surface area contributed by atoms with Gasteiger partial charge in [0, 0.05) is 11.4 Å². The van der Waals surface area contributed by atoms with Gasteiger partial charge in [0.1, 0.15) is 23.2 Å². The predicted molar refractivity (Wildman–Crippen MR) is 106 cm³/mol. The van der Waals surface area contributed by atoms with E-state index in [1.807, 2.05) is 36.5 Å². The first kappa shape index (κ1) is 22.0. The third kappa shape index (κ3) is 5.36. The summed E-state index contributed by atoms with van der Waals surface area (Å²) in [6.45, 7) is 3.86. The first-order valence-corrected chi connectivity index (χ1v) is 9.82. The van der Waals surface area contributed by atoms with Crippen molar-refractivity contribution >= 4 is 23.2 Å². The number of likely N-dealkylation sites (N-methyl/N-ethyl adjacent to an activating group) is 1. The Morgan fingerprint density at radius 2 is 1.75 bits per heavy atom. The molecule has 2 aromatic rings. The fraction of sp³-hybridized carbons (Fsp3) is 0.400. The van der Waals surface area contributed by atoms with Crippen molar-refractivity contribution in [2.45, 2.75) is 25.9 Å². The maximum absolute atomic E-state index is 13.8. The number of carbonyl (C=O) groups excluding carboxylic acids is 2. The molecule has 5 nitrogen and oxygen atoms in total. The van der Waals surface area contributed by atoms with Crippen LogP contribution in [0.3, 0.4) is 0 Å². The van der Waals surface area contributed by atoms with Gasteiger partial charge in [-0.3, -0.25) is 9.59 Å². The maximum atomic E-state index is 13.8. The number of carbonyl (C=O) groups is 2. The Bertz CT molecular complexity index is 790. The van der Waals surface area contributed by atoms with Gasteiger partial charge in [-0.05, 0) is 43.6 Å². The van der Waals surface area contributed by atoms with E-state index in [-0.39, 0.29) is 12.0 Å². The number of rotatable bonds is 8. The van der Waals surface area contributed by atoms with Crippen molar-refractivity contribution < 1.29 is 18.4 Å². The van der Waals surface area contributed by atoms with Crippen LogP contribution < -0.4 is 10.6 Å². The van der Waals surface area contributed by atoms with Crippen molar-refractivity contribution in [2.24, 2.45) is 5.92 Å². The summed E-state index contributed by atoms with van der Waals surface area (Å²) in [5.74, 6) is -3.55. The molecule has 2 amide bonds. The highest BCUT2D eigenvalue weighted by atomic mass is 32.1. The van der Waals surface area contributed by atoms with Gasteiger partial charge >= 0.3 is 0 Å². The van der Waals surface area contributed by atoms with E-state index in [9.17, 15) is 18.4 Å². The Morgan fingerprint density at radius 3 is 2.25 bits per heavy atom. The summed E-state index contributed by atoms with van der Waals surface area (Å²) in [4.78, 5) is 28.1. The first-order chi connectivity index (χ1) is 13.2. The van der Waals surface area contributed by atoms with Crippen LogP contribution in [-0.2, 0) is 4.79 Å². The number of hydrogen-bond acceptors (Lipinski definition) is 4. The summed E-state index contributed by atoms with van der Waals surface area (Å²) in [5.41, 5.74) is -0.689. The second-order valence-corrected chi connectivity index (χ2v) is 8.01. The molecule has 2 N–H and O–H groups in total. The predicted octanol–water partition coefficient (Wildman–Crippen LogP) is 3.20. The third-order valence-electron chi connectivity index (χ3n) is 4.39. The molecule has 1 heterocycles. The zero-order valence-corrected chi connectivity index (χ0v) is 17.1. The smallest absolute Gasteiger partial charge is 0.257 e. The second-order valence-electron chi connectivity index (χ2n) is 7.03. The highest BCUT2D eigenvalue weighted by Gasteiger charge is 2.28. The summed E-state index contributed by atoms with van der Waals surface area (Å²) >= 11 is 1.59. The van der Waals surface area contributed by atoms with Crippen LogP contribution in [0.15, 0.2) is 35.7 Å². The van der Waals surface area contributed by atoms with Crippen molar-refractivity contribution in [3.05, 3.63) is 57.8 Å². The molecule has 0 fully saturated rings. The van der Waals surface area contributed by atoms with Gasteiger partial charge < -0.3 is 15.5 Å². The quantitative estimate of drug-likeness (QED) is 0.704. The average molecular weight is 410 g/mol. The highest BCUT2D eigenvalue weighted by molar-refractivity contribution is 7.10. The minimum atomic E-state index is -0.967. The number of nitrogens with one attached hydrogen (secondary N) is 2. The summed E-state index contributed by atoms with van der Waals surface area (Å²) < 4.78 is 27.7. The first-order valence-electron chi connectivity index (χ1n) is 8.94. The molecule has 0 spiro atoms. The Hall–Kier alpha value is -2.32. The van der Waals surface area contributed by atoms with E-state index < -0.39 is 35.1 Å². The van der Waals surface area contributed by atoms with Crippen LogP contribution in [0.4, 0.5) is 8.78 Å². The van der Waals surface area contributed by atoms with Gasteiger partial charge in [0.25, 0.3) is 5.91 Å². The summed E-state index contributed by atoms with van der Waals surface area (Å²) in [6, 6.07) is 6.19. The van der Waals surface area contributed by atoms with Gasteiger partial charge in [0.05, 0.1) is 6.04 Å². The number of halogens is 2. The van der Waals surface area contributed by atoms with Crippen LogP contribution in [0, 0.1) is 17.6 Å². The molecule has 0 radical (unpaired) electrons. The van der Waals surface area contributed by atoms with Crippen molar-refractivity contribution in [1.82, 2.24) is 15.5 Å². The fourth-order valence-corrected chi connectivity index (χ4v) is 3.71. The Kier molecular flexibility index (Phi) is 7.65. The standard InChI is InChI=1S/C20H25F2N3O2S/c1-12(2)18(24-19(26)17-13(21)7-5-8-14(17)22)20(27)23-11-15(25(3)4)16-9-6-10-28-16/h5-10,12,15,18H,11H2,1-4H3,(H,23,27)(H,24,26)/t15-,18+/m0/s1. The lowest BCUT2D eigenvalue weighted by Gasteiger charge is -2.26. The Balaban J connectivity index is 2.08. The van der Waals surface area contributed by atoms with Crippen LogP contribution in [0.5, 0.6) is 0 Å². The second kappa shape index (κ2) is 9.75. The van der Waals surface area contributed by atoms with Crippen LogP contribution in [0.25, 0.3) is 0 Å². The maximum Gasteiger partial charge on any atom is 0.257 e. The van der Waals surface area contributed by atoms with E-state index >= 15 is 0 Å². The van der Waals surface area contributed by atoms with Crippen LogP contribution in [-0.4, -0.2) is 43.4 Å². The molecule has 28 heavy (non-hydrogen) atoms. The molecule has 0 bridgehead atoms. The molecular weight excluding hydrogens is 384 g/mol. The van der Waals surface area contributed by atoms with Crippen LogP contribution >= 0.6 is 11.3 Å². The van der Waals surface area contributed by atoms with Gasteiger partial charge in [0.15, 0.2) is 0 Å². The zero-order chi connectivity index (χ0) is 20.8. The summed E-state index contributed by atoms with van der Waals surface area (Å²) in [5, 5.41) is 7.27. The van der Waals surface area contributed by atoms with E-state index in [1.165, 1.54) is 6.07 Å². The molecular formula is C20H25F2N3O2S. The van der Waals surface area contributed by atoms with Crippen molar-refractivity contribution in [1.29, 1.82) is 0 Å². The lowest BCUT2D eigenvalue weighted by molar-refractivity contribution is -0.124. The molecule has 0 aliphatic carbocycles. The molecule has 1 aromatic heterocycles. The summed E-state index contributed by atoms with van der Waals surface area (Å²) in [6.07, 6.45) is 0. The van der Waals surface area contributed by atoms with Gasteiger partial charge in [-0.1, -0.05) is 26.0 Å². The number of thiophene rings is 1. The Morgan fingerprint density at radius 1 is 1.11 bits per heavy atom. The average Bonchev–Trinajstić information content (AvgIpc) is 3.13. The van der Waals surface area contributed by atoms with E-state index in [0.29, 0.717) is 6.54 Å². The minimum Gasteiger partial charge on any atom is -0.352 e. The SMILES string of the molecule is CC(C)[C@@H](NC(=O)c1c(F)cccc1F)C(=O)NC[C@@H](c1cccs1)N(C)C. The van der Waals surface area contributed by atoms with E-state index in [0.717, 1.165) is 17.0 Å². The number of benzene rings is 1. The fourth-order valence-electron chi connectivity index (χ4n) is 2.79. The van der Waals surface area contributed by atoms with E-state index in [2.05, 4.69) is 10.6 Å². The molecule has 0 aliphatic rings. The molecule has 2 atom stereocenters. The van der Waals surface area contributed by atoms with Crippen molar-refractivity contribution in [3.63, 3.8) is 0 Å².